The van der Waals surface area contributed by atoms with Crippen LogP contribution in [0.3, 0.4) is 0 Å². The quantitative estimate of drug-likeness (QED) is 0.257. The number of methoxy groups -OCH3 is 1. The first kappa shape index (κ1) is 24.4. The lowest BCUT2D eigenvalue weighted by Gasteiger charge is -2.12. The minimum absolute atomic E-state index is 0.0835. The van der Waals surface area contributed by atoms with Gasteiger partial charge >= 0.3 is 0 Å². The Labute approximate surface area is 198 Å². The number of ether oxygens (including phenoxy) is 3. The second-order valence-corrected chi connectivity index (χ2v) is 7.65. The number of benzene rings is 2. The van der Waals surface area contributed by atoms with Crippen molar-refractivity contribution in [3.8, 4) is 23.3 Å². The molecule has 3 rings (SSSR count). The molecule has 34 heavy (non-hydrogen) atoms. The van der Waals surface area contributed by atoms with E-state index < -0.39 is 5.91 Å². The second kappa shape index (κ2) is 11.6. The molecule has 8 heteroatoms. The van der Waals surface area contributed by atoms with Crippen LogP contribution in [0.4, 0.5) is 5.82 Å². The third-order valence-electron chi connectivity index (χ3n) is 5.03. The molecule has 0 radical (unpaired) electrons. The molecule has 3 aromatic rings. The fourth-order valence-electron chi connectivity index (χ4n) is 3.05. The summed E-state index contributed by atoms with van der Waals surface area (Å²) in [5.74, 6) is 2.11. The minimum atomic E-state index is -0.584. The Morgan fingerprint density at radius 2 is 1.85 bits per heavy atom. The van der Waals surface area contributed by atoms with Crippen molar-refractivity contribution < 1.29 is 23.5 Å². The summed E-state index contributed by atoms with van der Waals surface area (Å²) >= 11 is 0. The molecule has 0 bridgehead atoms. The number of amides is 1. The summed E-state index contributed by atoms with van der Waals surface area (Å²) in [6.45, 7) is 6.80. The normalized spacial score (nSPS) is 11.0. The lowest BCUT2D eigenvalue weighted by molar-refractivity contribution is -0.112. The van der Waals surface area contributed by atoms with Crippen molar-refractivity contribution in [2.24, 2.45) is 0 Å². The molecule has 0 fully saturated rings. The van der Waals surface area contributed by atoms with Crippen molar-refractivity contribution in [2.45, 2.75) is 27.2 Å². The van der Waals surface area contributed by atoms with Crippen LogP contribution >= 0.6 is 0 Å². The first-order valence-electron chi connectivity index (χ1n) is 10.8. The van der Waals surface area contributed by atoms with Gasteiger partial charge in [-0.25, -0.2) is 0 Å². The third kappa shape index (κ3) is 6.62. The lowest BCUT2D eigenvalue weighted by Crippen LogP contribution is -2.13. The number of anilines is 1. The van der Waals surface area contributed by atoms with E-state index in [1.165, 1.54) is 24.3 Å². The second-order valence-electron chi connectivity index (χ2n) is 7.65. The van der Waals surface area contributed by atoms with Gasteiger partial charge in [-0.2, -0.15) is 5.26 Å². The summed E-state index contributed by atoms with van der Waals surface area (Å²) in [6.07, 6.45) is 2.16. The van der Waals surface area contributed by atoms with Crippen molar-refractivity contribution in [1.29, 1.82) is 5.26 Å². The van der Waals surface area contributed by atoms with Crippen LogP contribution in [0.5, 0.6) is 17.2 Å². The molecule has 1 N–H and O–H groups in total. The fourth-order valence-corrected chi connectivity index (χ4v) is 3.05. The molecule has 1 aromatic heterocycles. The van der Waals surface area contributed by atoms with Gasteiger partial charge in [-0.05, 0) is 67.8 Å². The van der Waals surface area contributed by atoms with Crippen molar-refractivity contribution in [2.75, 3.05) is 25.6 Å². The maximum Gasteiger partial charge on any atom is 0.267 e. The maximum absolute atomic E-state index is 12.4. The molecule has 0 saturated carbocycles. The van der Waals surface area contributed by atoms with Crippen molar-refractivity contribution >= 4 is 17.8 Å². The van der Waals surface area contributed by atoms with Crippen LogP contribution in [-0.2, 0) is 4.79 Å². The first-order valence-corrected chi connectivity index (χ1v) is 10.8. The van der Waals surface area contributed by atoms with E-state index >= 15 is 0 Å². The topological polar surface area (TPSA) is 107 Å². The van der Waals surface area contributed by atoms with Crippen LogP contribution in [0.1, 0.15) is 28.9 Å². The number of nitrogens with zero attached hydrogens (tertiary/aromatic N) is 2. The number of rotatable bonds is 10. The monoisotopic (exact) mass is 461 g/mol. The molecule has 0 saturated heterocycles. The van der Waals surface area contributed by atoms with Gasteiger partial charge < -0.3 is 24.1 Å². The molecule has 2 aromatic carbocycles. The third-order valence-corrected chi connectivity index (χ3v) is 5.03. The Balaban J connectivity index is 1.56. The van der Waals surface area contributed by atoms with Gasteiger partial charge in [0, 0.05) is 12.5 Å². The summed E-state index contributed by atoms with van der Waals surface area (Å²) in [7, 11) is 1.53. The van der Waals surface area contributed by atoms with Gasteiger partial charge in [-0.15, -0.1) is 0 Å². The molecule has 0 aliphatic rings. The molecule has 0 aliphatic carbocycles. The molecular formula is C26H27N3O5. The van der Waals surface area contributed by atoms with Gasteiger partial charge in [0.05, 0.1) is 20.3 Å². The zero-order valence-electron chi connectivity index (χ0n) is 19.7. The number of carbonyl (C=O) groups is 1. The highest BCUT2D eigenvalue weighted by molar-refractivity contribution is 6.09. The van der Waals surface area contributed by atoms with E-state index in [0.717, 1.165) is 5.75 Å². The summed E-state index contributed by atoms with van der Waals surface area (Å²) in [6, 6.07) is 14.7. The number of nitrogens with one attached hydrogen (secondary N) is 1. The Kier molecular flexibility index (Phi) is 8.30. The molecule has 0 atom stereocenters. The van der Waals surface area contributed by atoms with E-state index in [4.69, 9.17) is 18.7 Å². The van der Waals surface area contributed by atoms with E-state index in [9.17, 15) is 10.1 Å². The van der Waals surface area contributed by atoms with Crippen LogP contribution in [0.25, 0.3) is 6.08 Å². The molecule has 0 unspecified atom stereocenters. The lowest BCUT2D eigenvalue weighted by atomic mass is 10.1. The molecule has 1 amide bonds. The summed E-state index contributed by atoms with van der Waals surface area (Å²) < 4.78 is 21.9. The summed E-state index contributed by atoms with van der Waals surface area (Å²) in [4.78, 5) is 12.4. The molecule has 176 valence electrons. The van der Waals surface area contributed by atoms with Crippen molar-refractivity contribution in [3.63, 3.8) is 0 Å². The van der Waals surface area contributed by atoms with Gasteiger partial charge in [0.15, 0.2) is 17.3 Å². The highest BCUT2D eigenvalue weighted by Gasteiger charge is 2.13. The highest BCUT2D eigenvalue weighted by Crippen LogP contribution is 2.29. The van der Waals surface area contributed by atoms with E-state index in [1.807, 2.05) is 24.3 Å². The smallest absolute Gasteiger partial charge is 0.267 e. The van der Waals surface area contributed by atoms with Crippen LogP contribution in [0.2, 0.25) is 0 Å². The predicted octanol–water partition coefficient (Wildman–Crippen LogP) is 5.00. The van der Waals surface area contributed by atoms with E-state index in [-0.39, 0.29) is 11.4 Å². The molecular weight excluding hydrogens is 434 g/mol. The fraction of sp³-hybridized carbons (Fsp3) is 0.269. The first-order chi connectivity index (χ1) is 16.4. The number of carbonyl (C=O) groups excluding carboxylic acids is 1. The Morgan fingerprint density at radius 3 is 2.53 bits per heavy atom. The number of nitriles is 1. The maximum atomic E-state index is 12.4. The Bertz CT molecular complexity index is 1220. The summed E-state index contributed by atoms with van der Waals surface area (Å²) in [5, 5.41) is 15.6. The predicted molar refractivity (Wildman–Crippen MR) is 128 cm³/mol. The molecule has 8 nitrogen and oxygen atoms in total. The number of hydrogen-bond acceptors (Lipinski definition) is 7. The Morgan fingerprint density at radius 1 is 1.06 bits per heavy atom. The van der Waals surface area contributed by atoms with Crippen LogP contribution < -0.4 is 19.5 Å². The van der Waals surface area contributed by atoms with E-state index in [2.05, 4.69) is 24.3 Å². The van der Waals surface area contributed by atoms with Gasteiger partial charge in [0.1, 0.15) is 23.2 Å². The average Bonchev–Trinajstić information content (AvgIpc) is 3.24. The van der Waals surface area contributed by atoms with Gasteiger partial charge in [-0.3, -0.25) is 4.79 Å². The van der Waals surface area contributed by atoms with Crippen LogP contribution in [0, 0.1) is 32.1 Å². The van der Waals surface area contributed by atoms with E-state index in [0.29, 0.717) is 42.5 Å². The van der Waals surface area contributed by atoms with Gasteiger partial charge in [0.2, 0.25) is 0 Å². The van der Waals surface area contributed by atoms with E-state index in [1.54, 1.807) is 31.2 Å². The summed E-state index contributed by atoms with van der Waals surface area (Å²) in [5.41, 5.74) is 2.96. The molecule has 0 aliphatic heterocycles. The number of aryl methyl sites for hydroxylation is 3. The number of hydrogen-bond donors (Lipinski definition) is 1. The zero-order valence-corrected chi connectivity index (χ0v) is 19.7. The highest BCUT2D eigenvalue weighted by atomic mass is 16.5. The average molecular weight is 462 g/mol. The minimum Gasteiger partial charge on any atom is -0.493 e. The van der Waals surface area contributed by atoms with Crippen LogP contribution in [0.15, 0.2) is 52.6 Å². The Hall–Kier alpha value is -4.25. The van der Waals surface area contributed by atoms with Gasteiger partial charge in [0.25, 0.3) is 5.91 Å². The SMILES string of the molecule is COc1cc(C=C(C#N)C(=O)Nc2cc(C)on2)ccc1OCCCOc1ccc(C)c(C)c1. The molecule has 1 heterocycles. The van der Waals surface area contributed by atoms with Gasteiger partial charge in [-0.1, -0.05) is 17.3 Å². The van der Waals surface area contributed by atoms with Crippen molar-refractivity contribution in [3.05, 3.63) is 70.5 Å². The zero-order chi connectivity index (χ0) is 24.5. The van der Waals surface area contributed by atoms with Crippen molar-refractivity contribution in [1.82, 2.24) is 5.16 Å². The number of aromatic nitrogens is 1. The largest absolute Gasteiger partial charge is 0.493 e. The standard InChI is InChI=1S/C26H27N3O5/c1-17-6-8-22(12-18(17)2)32-10-5-11-33-23-9-7-20(15-24(23)31-4)14-21(16-27)26(30)28-25-13-19(3)34-29-25/h6-9,12-15H,5,10-11H2,1-4H3,(H,28,29,30). The van der Waals surface area contributed by atoms with Crippen LogP contribution in [-0.4, -0.2) is 31.4 Å². The molecule has 0 spiro atoms.